The summed E-state index contributed by atoms with van der Waals surface area (Å²) in [5, 5.41) is 45.6. The summed E-state index contributed by atoms with van der Waals surface area (Å²) in [6, 6.07) is 0. The van der Waals surface area contributed by atoms with Gasteiger partial charge < -0.3 is 20.4 Å². The Labute approximate surface area is 208 Å². The van der Waals surface area contributed by atoms with Crippen molar-refractivity contribution in [3.05, 3.63) is 11.6 Å². The predicted molar refractivity (Wildman–Crippen MR) is 137 cm³/mol. The molecule has 0 unspecified atom stereocenters. The summed E-state index contributed by atoms with van der Waals surface area (Å²) in [6.45, 7) is 17.6. The normalized spacial score (nSPS) is 51.6. The van der Waals surface area contributed by atoms with E-state index < -0.39 is 17.8 Å². The molecule has 196 valence electrons. The molecule has 4 nitrogen and oxygen atoms in total. The zero-order chi connectivity index (χ0) is 25.5. The van der Waals surface area contributed by atoms with E-state index in [4.69, 9.17) is 0 Å². The van der Waals surface area contributed by atoms with Crippen molar-refractivity contribution >= 4 is 0 Å². The number of hydrogen-bond donors (Lipinski definition) is 4. The molecule has 0 saturated heterocycles. The van der Waals surface area contributed by atoms with Crippen LogP contribution in [0.1, 0.15) is 107 Å². The second-order valence-corrected chi connectivity index (χ2v) is 14.7. The minimum Gasteiger partial charge on any atom is -0.393 e. The first-order valence-electron chi connectivity index (χ1n) is 13.9. The molecule has 4 aliphatic rings. The van der Waals surface area contributed by atoms with E-state index in [9.17, 15) is 20.4 Å². The van der Waals surface area contributed by atoms with Gasteiger partial charge in [0.15, 0.2) is 0 Å². The molecule has 4 N–H and O–H groups in total. The van der Waals surface area contributed by atoms with Crippen molar-refractivity contribution in [3.8, 4) is 0 Å². The average molecular weight is 477 g/mol. The van der Waals surface area contributed by atoms with Crippen molar-refractivity contribution in [2.24, 2.45) is 45.3 Å². The SMILES string of the molecule is CC(C)=CCC[C@](C)(O)[C@@H]1[C@H]2CC[C@@H]3[C@@]4(C)CC[C@H](O)C(C)(C)[C@@H]4[C@@H](O)C[C@@]3(C)[C@]2(C)C[C@@H]1O. The molecule has 4 rings (SSSR count). The van der Waals surface area contributed by atoms with Crippen LogP contribution < -0.4 is 0 Å². The molecular formula is C30H52O4. The first kappa shape index (κ1) is 26.6. The lowest BCUT2D eigenvalue weighted by molar-refractivity contribution is -0.258. The number of aliphatic hydroxyl groups excluding tert-OH is 3. The van der Waals surface area contributed by atoms with Crippen molar-refractivity contribution in [2.45, 2.75) is 131 Å². The van der Waals surface area contributed by atoms with Gasteiger partial charge in [0.2, 0.25) is 0 Å². The molecule has 0 bridgehead atoms. The Balaban J connectivity index is 1.69. The van der Waals surface area contributed by atoms with Crippen LogP contribution in [0.3, 0.4) is 0 Å². The number of aliphatic hydroxyl groups is 4. The molecule has 11 atom stereocenters. The van der Waals surface area contributed by atoms with E-state index in [1.807, 2.05) is 6.92 Å². The highest BCUT2D eigenvalue weighted by Gasteiger charge is 2.72. The van der Waals surface area contributed by atoms with Gasteiger partial charge in [0.05, 0.1) is 23.9 Å². The van der Waals surface area contributed by atoms with Crippen molar-refractivity contribution in [1.82, 2.24) is 0 Å². The number of allylic oxidation sites excluding steroid dienone is 2. The van der Waals surface area contributed by atoms with Gasteiger partial charge >= 0.3 is 0 Å². The molecule has 34 heavy (non-hydrogen) atoms. The maximum atomic E-state index is 11.7. The van der Waals surface area contributed by atoms with Crippen molar-refractivity contribution in [2.75, 3.05) is 0 Å². The fraction of sp³-hybridized carbons (Fsp3) is 0.933. The quantitative estimate of drug-likeness (QED) is 0.406. The number of hydrogen-bond acceptors (Lipinski definition) is 4. The van der Waals surface area contributed by atoms with Crippen LogP contribution in [0.4, 0.5) is 0 Å². The predicted octanol–water partition coefficient (Wildman–Crippen LogP) is 5.47. The molecule has 4 heteroatoms. The molecule has 4 aliphatic carbocycles. The van der Waals surface area contributed by atoms with Gasteiger partial charge in [-0.05, 0) is 112 Å². The molecular weight excluding hydrogens is 424 g/mol. The Morgan fingerprint density at radius 1 is 0.912 bits per heavy atom. The Hall–Kier alpha value is -0.420. The van der Waals surface area contributed by atoms with E-state index in [1.165, 1.54) is 5.57 Å². The van der Waals surface area contributed by atoms with Crippen LogP contribution in [-0.4, -0.2) is 44.3 Å². The van der Waals surface area contributed by atoms with Gasteiger partial charge in [-0.2, -0.15) is 0 Å². The first-order chi connectivity index (χ1) is 15.5. The van der Waals surface area contributed by atoms with Crippen LogP contribution in [0.5, 0.6) is 0 Å². The van der Waals surface area contributed by atoms with Crippen LogP contribution in [0.2, 0.25) is 0 Å². The van der Waals surface area contributed by atoms with E-state index in [0.717, 1.165) is 38.5 Å². The molecule has 0 amide bonds. The second-order valence-electron chi connectivity index (χ2n) is 14.7. The highest BCUT2D eigenvalue weighted by Crippen LogP contribution is 2.75. The largest absolute Gasteiger partial charge is 0.393 e. The van der Waals surface area contributed by atoms with Crippen LogP contribution in [0.15, 0.2) is 11.6 Å². The van der Waals surface area contributed by atoms with E-state index >= 15 is 0 Å². The van der Waals surface area contributed by atoms with Gasteiger partial charge in [0.1, 0.15) is 0 Å². The van der Waals surface area contributed by atoms with Gasteiger partial charge in [0, 0.05) is 5.92 Å². The maximum Gasteiger partial charge on any atom is 0.0678 e. The topological polar surface area (TPSA) is 80.9 Å². The van der Waals surface area contributed by atoms with Crippen LogP contribution in [0, 0.1) is 45.3 Å². The van der Waals surface area contributed by atoms with Crippen molar-refractivity contribution < 1.29 is 20.4 Å². The second kappa shape index (κ2) is 8.30. The number of rotatable bonds is 4. The van der Waals surface area contributed by atoms with E-state index in [2.05, 4.69) is 54.5 Å². The molecule has 0 aliphatic heterocycles. The summed E-state index contributed by atoms with van der Waals surface area (Å²) in [7, 11) is 0. The first-order valence-corrected chi connectivity index (χ1v) is 13.9. The molecule has 0 aromatic heterocycles. The molecule has 0 heterocycles. The van der Waals surface area contributed by atoms with Crippen LogP contribution in [-0.2, 0) is 0 Å². The standard InChI is InChI=1S/C30H52O4/c1-18(2)10-9-14-30(8,34)24-19-11-12-22-27(5)15-13-23(33)26(3,4)25(27)21(32)17-29(22,7)28(19,6)16-20(24)31/h10,19-25,31-34H,9,11-17H2,1-8H3/t19-,20+,21+,22-,23+,24-,25+,27-,28-,29-,30+/m1/s1. The highest BCUT2D eigenvalue weighted by atomic mass is 16.3. The fourth-order valence-corrected chi connectivity index (χ4v) is 10.6. The molecule has 0 spiro atoms. The summed E-state index contributed by atoms with van der Waals surface area (Å²) in [6.07, 6.45) is 7.62. The third kappa shape index (κ3) is 3.60. The Bertz CT molecular complexity index is 813. The van der Waals surface area contributed by atoms with E-state index in [1.54, 1.807) is 0 Å². The molecule has 0 aromatic rings. The summed E-state index contributed by atoms with van der Waals surface area (Å²) < 4.78 is 0. The van der Waals surface area contributed by atoms with E-state index in [-0.39, 0.29) is 45.5 Å². The van der Waals surface area contributed by atoms with Gasteiger partial charge in [-0.3, -0.25) is 0 Å². The smallest absolute Gasteiger partial charge is 0.0678 e. The van der Waals surface area contributed by atoms with Gasteiger partial charge in [-0.25, -0.2) is 0 Å². The monoisotopic (exact) mass is 476 g/mol. The lowest BCUT2D eigenvalue weighted by atomic mass is 9.35. The molecule has 4 saturated carbocycles. The summed E-state index contributed by atoms with van der Waals surface area (Å²) in [5.74, 6) is 0.646. The molecule has 4 fully saturated rings. The van der Waals surface area contributed by atoms with Crippen LogP contribution in [0.25, 0.3) is 0 Å². The van der Waals surface area contributed by atoms with Crippen molar-refractivity contribution in [1.29, 1.82) is 0 Å². The van der Waals surface area contributed by atoms with Gasteiger partial charge in [-0.15, -0.1) is 0 Å². The zero-order valence-corrected chi connectivity index (χ0v) is 23.1. The highest BCUT2D eigenvalue weighted by molar-refractivity contribution is 5.21. The van der Waals surface area contributed by atoms with E-state index in [0.29, 0.717) is 18.8 Å². The molecule has 0 aromatic carbocycles. The van der Waals surface area contributed by atoms with Crippen molar-refractivity contribution in [3.63, 3.8) is 0 Å². The maximum absolute atomic E-state index is 11.7. The molecule has 0 radical (unpaired) electrons. The zero-order valence-electron chi connectivity index (χ0n) is 23.1. The Kier molecular flexibility index (Phi) is 6.50. The Morgan fingerprint density at radius 2 is 1.53 bits per heavy atom. The fourth-order valence-electron chi connectivity index (χ4n) is 10.6. The van der Waals surface area contributed by atoms with Gasteiger partial charge in [0.25, 0.3) is 0 Å². The minimum absolute atomic E-state index is 0.0296. The summed E-state index contributed by atoms with van der Waals surface area (Å²) in [4.78, 5) is 0. The van der Waals surface area contributed by atoms with Crippen LogP contribution >= 0.6 is 0 Å². The average Bonchev–Trinajstić information content (AvgIpc) is 2.96. The minimum atomic E-state index is -0.909. The Morgan fingerprint density at radius 3 is 2.15 bits per heavy atom. The lowest BCUT2D eigenvalue weighted by Crippen LogP contribution is -2.68. The lowest BCUT2D eigenvalue weighted by Gasteiger charge is -2.70. The third-order valence-electron chi connectivity index (χ3n) is 12.2. The van der Waals surface area contributed by atoms with Gasteiger partial charge in [-0.1, -0.05) is 46.3 Å². The summed E-state index contributed by atoms with van der Waals surface area (Å²) in [5.41, 5.74) is -0.218. The summed E-state index contributed by atoms with van der Waals surface area (Å²) >= 11 is 0. The third-order valence-corrected chi connectivity index (χ3v) is 12.2. The number of fused-ring (bicyclic) bond motifs is 5.